The zero-order valence-corrected chi connectivity index (χ0v) is 23.8. The number of aliphatic hydroxyl groups is 1. The number of aryl methyl sites for hydroxylation is 1. The van der Waals surface area contributed by atoms with Crippen LogP contribution >= 0.6 is 0 Å². The number of fused-ring (bicyclic) bond motifs is 1. The maximum absolute atomic E-state index is 12.6. The fourth-order valence-electron chi connectivity index (χ4n) is 4.05. The van der Waals surface area contributed by atoms with Gasteiger partial charge in [0.25, 0.3) is 10.0 Å². The molecule has 0 saturated carbocycles. The Kier molecular flexibility index (Phi) is 9.18. The molecule has 11 nitrogen and oxygen atoms in total. The lowest BCUT2D eigenvalue weighted by Crippen LogP contribution is -2.42. The van der Waals surface area contributed by atoms with Gasteiger partial charge >= 0.3 is 18.1 Å². The Bertz CT molecular complexity index is 1730. The van der Waals surface area contributed by atoms with Crippen LogP contribution in [0.1, 0.15) is 42.4 Å². The van der Waals surface area contributed by atoms with Crippen LogP contribution in [0.2, 0.25) is 0 Å². The minimum absolute atomic E-state index is 0.110. The molecule has 0 aliphatic rings. The second-order valence-corrected chi connectivity index (χ2v) is 11.9. The molecule has 1 unspecified atom stereocenters. The van der Waals surface area contributed by atoms with Crippen molar-refractivity contribution in [1.82, 2.24) is 19.9 Å². The molecule has 4 rings (SSSR count). The predicted octanol–water partition coefficient (Wildman–Crippen LogP) is 3.97. The van der Waals surface area contributed by atoms with E-state index in [2.05, 4.69) is 24.7 Å². The molecule has 4 aromatic rings. The molecule has 2 aromatic heterocycles. The molecule has 228 valence electrons. The summed E-state index contributed by atoms with van der Waals surface area (Å²) in [5.41, 5.74) is 0.549. The van der Waals surface area contributed by atoms with Crippen LogP contribution in [0.5, 0.6) is 0 Å². The number of halogens is 3. The average Bonchev–Trinajstić information content (AvgIpc) is 3.37. The monoisotopic (exact) mass is 619 g/mol. The van der Waals surface area contributed by atoms with Crippen LogP contribution in [-0.4, -0.2) is 58.3 Å². The van der Waals surface area contributed by atoms with Crippen molar-refractivity contribution in [3.05, 3.63) is 84.4 Å². The summed E-state index contributed by atoms with van der Waals surface area (Å²) in [5, 5.41) is 14.1. The van der Waals surface area contributed by atoms with Gasteiger partial charge in [0.1, 0.15) is 5.52 Å². The molecular weight excluding hydrogens is 591 g/mol. The van der Waals surface area contributed by atoms with E-state index in [-0.39, 0.29) is 11.4 Å². The predicted molar refractivity (Wildman–Crippen MR) is 149 cm³/mol. The number of aliphatic hydroxyl groups excluding tert-OH is 1. The Balaban J connectivity index is 1.36. The Hall–Kier alpha value is -4.34. The van der Waals surface area contributed by atoms with E-state index in [1.807, 2.05) is 13.8 Å². The number of nitrogens with zero attached hydrogens (tertiary/aromatic N) is 3. The number of rotatable bonds is 11. The SMILES string of the molecule is CC(C)(CCn1cnc2cnc(C(=O)OC(=O)C(F)(F)F)cc21)NCC(O)c1cccc(NS(=O)(=O)c2ccccc2)c1. The summed E-state index contributed by atoms with van der Waals surface area (Å²) in [6.07, 6.45) is -3.12. The molecule has 2 aromatic carbocycles. The number of carbonyl (C=O) groups is 2. The fourth-order valence-corrected chi connectivity index (χ4v) is 5.12. The number of anilines is 1. The van der Waals surface area contributed by atoms with Crippen molar-refractivity contribution in [2.24, 2.45) is 0 Å². The van der Waals surface area contributed by atoms with Gasteiger partial charge in [-0.15, -0.1) is 0 Å². The Morgan fingerprint density at radius 2 is 1.77 bits per heavy atom. The molecule has 1 atom stereocenters. The van der Waals surface area contributed by atoms with Gasteiger partial charge in [-0.3, -0.25) is 4.72 Å². The number of imidazole rings is 1. The van der Waals surface area contributed by atoms with Crippen molar-refractivity contribution in [3.63, 3.8) is 0 Å². The summed E-state index contributed by atoms with van der Waals surface area (Å²) in [7, 11) is -3.80. The van der Waals surface area contributed by atoms with E-state index >= 15 is 0 Å². The summed E-state index contributed by atoms with van der Waals surface area (Å²) in [6, 6.07) is 15.5. The van der Waals surface area contributed by atoms with Crippen LogP contribution in [0.4, 0.5) is 18.9 Å². The molecule has 15 heteroatoms. The highest BCUT2D eigenvalue weighted by molar-refractivity contribution is 7.92. The maximum atomic E-state index is 12.6. The van der Waals surface area contributed by atoms with Crippen molar-refractivity contribution >= 4 is 38.7 Å². The van der Waals surface area contributed by atoms with Crippen LogP contribution in [0.15, 0.2) is 78.1 Å². The number of alkyl halides is 3. The normalized spacial score (nSPS) is 13.1. The van der Waals surface area contributed by atoms with Crippen molar-refractivity contribution < 1.29 is 41.0 Å². The number of carbonyl (C=O) groups excluding carboxylic acids is 2. The number of hydrogen-bond donors (Lipinski definition) is 3. The third-order valence-corrected chi connectivity index (χ3v) is 7.86. The Labute approximate surface area is 244 Å². The van der Waals surface area contributed by atoms with Gasteiger partial charge in [0.2, 0.25) is 0 Å². The highest BCUT2D eigenvalue weighted by atomic mass is 32.2. The van der Waals surface area contributed by atoms with Gasteiger partial charge in [0.05, 0.1) is 29.0 Å². The van der Waals surface area contributed by atoms with Gasteiger partial charge < -0.3 is 19.7 Å². The summed E-state index contributed by atoms with van der Waals surface area (Å²) >= 11 is 0. The molecule has 0 radical (unpaired) electrons. The van der Waals surface area contributed by atoms with Crippen LogP contribution < -0.4 is 10.0 Å². The van der Waals surface area contributed by atoms with Gasteiger partial charge in [-0.05, 0) is 56.2 Å². The smallest absolute Gasteiger partial charge is 0.387 e. The molecule has 0 bridgehead atoms. The second-order valence-electron chi connectivity index (χ2n) is 10.2. The quantitative estimate of drug-likeness (QED) is 0.167. The number of pyridine rings is 1. The summed E-state index contributed by atoms with van der Waals surface area (Å²) in [6.45, 7) is 4.30. The van der Waals surface area contributed by atoms with Crippen molar-refractivity contribution in [1.29, 1.82) is 0 Å². The van der Waals surface area contributed by atoms with Gasteiger partial charge in [-0.25, -0.2) is 28.0 Å². The van der Waals surface area contributed by atoms with Crippen LogP contribution in [-0.2, 0) is 26.1 Å². The molecule has 0 spiro atoms. The summed E-state index contributed by atoms with van der Waals surface area (Å²) in [4.78, 5) is 31.0. The maximum Gasteiger partial charge on any atom is 0.491 e. The van der Waals surface area contributed by atoms with Gasteiger partial charge in [-0.1, -0.05) is 30.3 Å². The lowest BCUT2D eigenvalue weighted by molar-refractivity contribution is -0.193. The topological polar surface area (TPSA) is 153 Å². The third-order valence-electron chi connectivity index (χ3n) is 6.46. The zero-order valence-electron chi connectivity index (χ0n) is 23.0. The number of sulfonamides is 1. The molecule has 0 fully saturated rings. The Morgan fingerprint density at radius 3 is 2.47 bits per heavy atom. The van der Waals surface area contributed by atoms with Crippen molar-refractivity contribution in [2.75, 3.05) is 11.3 Å². The molecule has 3 N–H and O–H groups in total. The lowest BCUT2D eigenvalue weighted by Gasteiger charge is -2.28. The van der Waals surface area contributed by atoms with Crippen LogP contribution in [0, 0.1) is 0 Å². The first-order valence-corrected chi connectivity index (χ1v) is 14.4. The van der Waals surface area contributed by atoms with E-state index in [0.717, 1.165) is 0 Å². The molecule has 0 aliphatic heterocycles. The van der Waals surface area contributed by atoms with E-state index in [9.17, 15) is 36.3 Å². The van der Waals surface area contributed by atoms with Crippen molar-refractivity contribution in [2.45, 2.75) is 49.5 Å². The minimum Gasteiger partial charge on any atom is -0.387 e. The Morgan fingerprint density at radius 1 is 1.05 bits per heavy atom. The number of β-amino-alcohol motifs (C(OH)–C–C–N with tert-alkyl or cyclic N) is 1. The van der Waals surface area contributed by atoms with Gasteiger partial charge in [0, 0.05) is 24.3 Å². The first kappa shape index (κ1) is 31.6. The molecule has 43 heavy (non-hydrogen) atoms. The first-order valence-electron chi connectivity index (χ1n) is 12.9. The van der Waals surface area contributed by atoms with Gasteiger partial charge in [0.15, 0.2) is 5.69 Å². The third kappa shape index (κ3) is 8.15. The van der Waals surface area contributed by atoms with Crippen molar-refractivity contribution in [3.8, 4) is 0 Å². The van der Waals surface area contributed by atoms with E-state index in [1.54, 1.807) is 47.0 Å². The largest absolute Gasteiger partial charge is 0.491 e. The molecule has 0 amide bonds. The molecule has 0 aliphatic carbocycles. The number of aromatic nitrogens is 3. The van der Waals surface area contributed by atoms with E-state index in [1.165, 1.54) is 30.7 Å². The van der Waals surface area contributed by atoms with Crippen LogP contribution in [0.3, 0.4) is 0 Å². The first-order chi connectivity index (χ1) is 20.1. The van der Waals surface area contributed by atoms with Gasteiger partial charge in [-0.2, -0.15) is 13.2 Å². The number of ether oxygens (including phenoxy) is 1. The molecular formula is C28H28F3N5O6S. The fraction of sp³-hybridized carbons (Fsp3) is 0.286. The summed E-state index contributed by atoms with van der Waals surface area (Å²) < 4.78 is 70.7. The number of benzene rings is 2. The van der Waals surface area contributed by atoms with E-state index in [4.69, 9.17) is 0 Å². The second kappa shape index (κ2) is 12.5. The highest BCUT2D eigenvalue weighted by Gasteiger charge is 2.42. The van der Waals surface area contributed by atoms with E-state index in [0.29, 0.717) is 35.2 Å². The molecule has 2 heterocycles. The average molecular weight is 620 g/mol. The number of esters is 2. The standard InChI is InChI=1S/C28H28F3N5O6S/c1-27(2,11-12-36-17-33-22-15-32-21(14-23(22)36)25(38)42-26(39)28(29,30)31)34-16-24(37)18-7-6-8-19(13-18)35-43(40,41)20-9-4-3-5-10-20/h3-10,13-15,17,24,34-35,37H,11-12,16H2,1-2H3. The number of hydrogen-bond acceptors (Lipinski definition) is 9. The molecule has 0 saturated heterocycles. The lowest BCUT2D eigenvalue weighted by atomic mass is 9.99. The highest BCUT2D eigenvalue weighted by Crippen LogP contribution is 2.23. The minimum atomic E-state index is -5.32. The van der Waals surface area contributed by atoms with Crippen LogP contribution in [0.25, 0.3) is 11.0 Å². The zero-order chi connectivity index (χ0) is 31.4. The number of nitrogens with one attached hydrogen (secondary N) is 2. The van der Waals surface area contributed by atoms with E-state index < -0.39 is 45.5 Å². The summed E-state index contributed by atoms with van der Waals surface area (Å²) in [5.74, 6) is -4.17.